The average molecular weight is 1170 g/mol. The van der Waals surface area contributed by atoms with E-state index in [1.54, 1.807) is 6.08 Å². The molecule has 1 fully saturated rings. The number of esters is 1. The quantitative estimate of drug-likeness (QED) is 0.0195. The highest BCUT2D eigenvalue weighted by Gasteiger charge is 2.47. The van der Waals surface area contributed by atoms with Gasteiger partial charge < -0.3 is 45.1 Å². The van der Waals surface area contributed by atoms with Crippen LogP contribution in [0.3, 0.4) is 0 Å². The van der Waals surface area contributed by atoms with Gasteiger partial charge >= 0.3 is 5.97 Å². The van der Waals surface area contributed by atoms with E-state index in [9.17, 15) is 35.1 Å². The fraction of sp³-hybridized carbons (Fsp3) is 0.861. The number of nitrogens with one attached hydrogen (secondary N) is 1. The van der Waals surface area contributed by atoms with Crippen LogP contribution < -0.4 is 5.32 Å². The first-order valence-corrected chi connectivity index (χ1v) is 35.4. The van der Waals surface area contributed by atoms with Crippen molar-refractivity contribution in [3.05, 3.63) is 48.6 Å². The van der Waals surface area contributed by atoms with Gasteiger partial charge in [-0.15, -0.1) is 0 Å². The van der Waals surface area contributed by atoms with Gasteiger partial charge in [0.15, 0.2) is 12.4 Å². The Kier molecular flexibility index (Phi) is 56.8. The van der Waals surface area contributed by atoms with Gasteiger partial charge in [0.2, 0.25) is 5.91 Å². The fourth-order valence-electron chi connectivity index (χ4n) is 11.1. The molecule has 0 aromatic carbocycles. The number of aliphatic hydroxyl groups excluding tert-OH is 5. The minimum atomic E-state index is -1.61. The van der Waals surface area contributed by atoms with Crippen molar-refractivity contribution in [1.82, 2.24) is 5.32 Å². The van der Waals surface area contributed by atoms with E-state index in [4.69, 9.17) is 14.2 Å². The van der Waals surface area contributed by atoms with Gasteiger partial charge in [0, 0.05) is 6.42 Å². The van der Waals surface area contributed by atoms with Gasteiger partial charge in [0.05, 0.1) is 25.4 Å². The Morgan fingerprint density at radius 2 is 0.831 bits per heavy atom. The molecule has 1 aliphatic rings. The van der Waals surface area contributed by atoms with Gasteiger partial charge in [-0.1, -0.05) is 313 Å². The van der Waals surface area contributed by atoms with E-state index in [1.807, 2.05) is 6.08 Å². The van der Waals surface area contributed by atoms with Crippen molar-refractivity contribution in [2.24, 2.45) is 0 Å². The second-order valence-electron chi connectivity index (χ2n) is 24.6. The van der Waals surface area contributed by atoms with E-state index in [-0.39, 0.29) is 19.4 Å². The fourth-order valence-corrected chi connectivity index (χ4v) is 11.1. The molecule has 1 heterocycles. The molecule has 8 atom stereocenters. The van der Waals surface area contributed by atoms with Gasteiger partial charge in [-0.3, -0.25) is 9.59 Å². The summed E-state index contributed by atoms with van der Waals surface area (Å²) in [5.74, 6) is -1.19. The Balaban J connectivity index is 2.56. The van der Waals surface area contributed by atoms with Crippen LogP contribution in [0.1, 0.15) is 335 Å². The second kappa shape index (κ2) is 59.9. The minimum Gasteiger partial charge on any atom is -0.454 e. The summed E-state index contributed by atoms with van der Waals surface area (Å²) >= 11 is 0. The normalized spacial score (nSPS) is 18.8. The Morgan fingerprint density at radius 1 is 0.470 bits per heavy atom. The number of aliphatic hydroxyl groups is 5. The molecule has 0 aromatic heterocycles. The van der Waals surface area contributed by atoms with Crippen molar-refractivity contribution < 1.29 is 49.3 Å². The molecule has 8 unspecified atom stereocenters. The third-order valence-electron chi connectivity index (χ3n) is 16.7. The van der Waals surface area contributed by atoms with E-state index in [2.05, 4.69) is 62.5 Å². The number of carbonyl (C=O) groups excluding carboxylic acids is 2. The molecular formula is C72H133NO10. The zero-order chi connectivity index (χ0) is 60.3. The molecule has 0 radical (unpaired) electrons. The number of unbranched alkanes of at least 4 members (excludes halogenated alkanes) is 41. The molecule has 1 amide bonds. The largest absolute Gasteiger partial charge is 0.454 e. The summed E-state index contributed by atoms with van der Waals surface area (Å²) in [6.07, 6.45) is 64.4. The second-order valence-corrected chi connectivity index (χ2v) is 24.6. The van der Waals surface area contributed by atoms with Crippen LogP contribution >= 0.6 is 0 Å². The molecule has 83 heavy (non-hydrogen) atoms. The van der Waals surface area contributed by atoms with Gasteiger partial charge in [-0.2, -0.15) is 0 Å². The molecule has 11 heteroatoms. The van der Waals surface area contributed by atoms with Gasteiger partial charge in [-0.05, 0) is 64.2 Å². The van der Waals surface area contributed by atoms with Crippen LogP contribution in [-0.4, -0.2) is 99.6 Å². The predicted molar refractivity (Wildman–Crippen MR) is 347 cm³/mol. The van der Waals surface area contributed by atoms with Crippen LogP contribution in [0.5, 0.6) is 0 Å². The van der Waals surface area contributed by atoms with Gasteiger partial charge in [0.1, 0.15) is 24.4 Å². The SMILES string of the molecule is CCCCC/C=C\C/C=C\C/C=C\CCCCCCCCCCCC(O)C(=O)NC(COC1OC(CO)C(O)C(O)C1OC(=O)CCCCCCCCCCCCCCCCCCCCCCC)C(O)/C=C/CCCCCCCCCCC. The van der Waals surface area contributed by atoms with Crippen LogP contribution in [0.2, 0.25) is 0 Å². The Labute approximate surface area is 510 Å². The lowest BCUT2D eigenvalue weighted by Gasteiger charge is -2.41. The summed E-state index contributed by atoms with van der Waals surface area (Å²) in [7, 11) is 0. The maximum absolute atomic E-state index is 13.5. The number of hydrogen-bond donors (Lipinski definition) is 6. The van der Waals surface area contributed by atoms with E-state index in [0.29, 0.717) is 12.8 Å². The van der Waals surface area contributed by atoms with Gasteiger partial charge in [0.25, 0.3) is 0 Å². The summed E-state index contributed by atoms with van der Waals surface area (Å²) in [6, 6.07) is -1.03. The van der Waals surface area contributed by atoms with Crippen molar-refractivity contribution in [2.45, 2.75) is 384 Å². The Hall–Kier alpha value is -2.38. The maximum atomic E-state index is 13.5. The van der Waals surface area contributed by atoms with Crippen molar-refractivity contribution in [3.63, 3.8) is 0 Å². The Morgan fingerprint density at radius 3 is 1.27 bits per heavy atom. The first-order chi connectivity index (χ1) is 40.7. The summed E-state index contributed by atoms with van der Waals surface area (Å²) < 4.78 is 17.7. The minimum absolute atomic E-state index is 0.128. The Bertz CT molecular complexity index is 1540. The summed E-state index contributed by atoms with van der Waals surface area (Å²) in [5.41, 5.74) is 0. The zero-order valence-corrected chi connectivity index (χ0v) is 54.1. The summed E-state index contributed by atoms with van der Waals surface area (Å²) in [6.45, 7) is 5.80. The van der Waals surface area contributed by atoms with E-state index in [0.717, 1.165) is 77.0 Å². The molecule has 0 aliphatic carbocycles. The van der Waals surface area contributed by atoms with Gasteiger partial charge in [-0.25, -0.2) is 0 Å². The molecule has 1 saturated heterocycles. The lowest BCUT2D eigenvalue weighted by molar-refractivity contribution is -0.305. The van der Waals surface area contributed by atoms with E-state index < -0.39 is 67.4 Å². The number of amides is 1. The monoisotopic (exact) mass is 1170 g/mol. The topological polar surface area (TPSA) is 175 Å². The predicted octanol–water partition coefficient (Wildman–Crippen LogP) is 18.0. The molecule has 486 valence electrons. The zero-order valence-electron chi connectivity index (χ0n) is 54.1. The highest BCUT2D eigenvalue weighted by Crippen LogP contribution is 2.26. The highest BCUT2D eigenvalue weighted by molar-refractivity contribution is 5.80. The summed E-state index contributed by atoms with van der Waals surface area (Å²) in [5, 5.41) is 57.2. The van der Waals surface area contributed by atoms with Crippen molar-refractivity contribution >= 4 is 11.9 Å². The van der Waals surface area contributed by atoms with Crippen LogP contribution in [0.25, 0.3) is 0 Å². The molecule has 0 saturated carbocycles. The maximum Gasteiger partial charge on any atom is 0.306 e. The molecule has 0 spiro atoms. The number of ether oxygens (including phenoxy) is 3. The van der Waals surface area contributed by atoms with Crippen molar-refractivity contribution in [3.8, 4) is 0 Å². The number of rotatable bonds is 61. The molecule has 0 aromatic rings. The average Bonchev–Trinajstić information content (AvgIpc) is 3.52. The first-order valence-electron chi connectivity index (χ1n) is 35.4. The highest BCUT2D eigenvalue weighted by atomic mass is 16.7. The molecule has 11 nitrogen and oxygen atoms in total. The number of carbonyl (C=O) groups is 2. The third kappa shape index (κ3) is 47.4. The lowest BCUT2D eigenvalue weighted by atomic mass is 9.99. The molecule has 1 aliphatic heterocycles. The third-order valence-corrected chi connectivity index (χ3v) is 16.7. The standard InChI is InChI=1S/C72H133NO10/c1-4-7-10-13-16-19-22-24-26-28-30-32-34-35-37-39-41-44-47-50-53-56-59-65(76)71(80)73-63(64(75)58-55-52-49-46-43-21-18-15-12-9-6-3)62-81-72-70(69(79)68(78)66(61-74)82-72)83-67(77)60-57-54-51-48-45-42-40-38-36-33-31-29-27-25-23-20-17-14-11-8-5-2/h16,19,24,26,30,32,55,58,63-66,68-70,72,74-76,78-79H,4-15,17-18,20-23,25,27-29,31,33-54,56-57,59-62H2,1-3H3,(H,73,80)/b19-16-,26-24-,32-30-,58-55+. The first kappa shape index (κ1) is 78.6. The smallest absolute Gasteiger partial charge is 0.306 e. The van der Waals surface area contributed by atoms with E-state index >= 15 is 0 Å². The van der Waals surface area contributed by atoms with E-state index in [1.165, 1.54) is 212 Å². The number of hydrogen-bond acceptors (Lipinski definition) is 10. The lowest BCUT2D eigenvalue weighted by Crippen LogP contribution is -2.61. The molecule has 1 rings (SSSR count). The van der Waals surface area contributed by atoms with Crippen molar-refractivity contribution in [2.75, 3.05) is 13.2 Å². The van der Waals surface area contributed by atoms with Crippen LogP contribution in [0.4, 0.5) is 0 Å². The number of allylic oxidation sites excluding steroid dienone is 7. The summed E-state index contributed by atoms with van der Waals surface area (Å²) in [4.78, 5) is 26.7. The van der Waals surface area contributed by atoms with Crippen LogP contribution in [-0.2, 0) is 23.8 Å². The molecule has 6 N–H and O–H groups in total. The van der Waals surface area contributed by atoms with Crippen LogP contribution in [0.15, 0.2) is 48.6 Å². The van der Waals surface area contributed by atoms with Crippen LogP contribution in [0, 0.1) is 0 Å². The molecular weight excluding hydrogens is 1040 g/mol. The van der Waals surface area contributed by atoms with Crippen molar-refractivity contribution in [1.29, 1.82) is 0 Å². The molecule has 0 bridgehead atoms.